The van der Waals surface area contributed by atoms with Gasteiger partial charge in [0.1, 0.15) is 11.8 Å². The molecule has 0 unspecified atom stereocenters. The first kappa shape index (κ1) is 12.4. The van der Waals surface area contributed by atoms with E-state index in [1.165, 1.54) is 6.92 Å². The number of carbonyl (C=O) groups is 1. The molecule has 0 aromatic heterocycles. The molecule has 0 saturated carbocycles. The number of alkyl halides is 2. The Kier molecular flexibility index (Phi) is 3.80. The minimum atomic E-state index is -3.01. The zero-order chi connectivity index (χ0) is 12.3. The SMILES string of the molecule is CC(=O)c1c(Cl)cc(OC(F)F)cc1C#N. The van der Waals surface area contributed by atoms with Gasteiger partial charge in [0.2, 0.25) is 0 Å². The van der Waals surface area contributed by atoms with Crippen LogP contribution in [0.1, 0.15) is 22.8 Å². The monoisotopic (exact) mass is 245 g/mol. The second-order valence-electron chi connectivity index (χ2n) is 2.87. The zero-order valence-electron chi connectivity index (χ0n) is 8.13. The van der Waals surface area contributed by atoms with Crippen molar-refractivity contribution in [3.05, 3.63) is 28.3 Å². The van der Waals surface area contributed by atoms with Gasteiger partial charge in [-0.15, -0.1) is 0 Å². The number of nitriles is 1. The Morgan fingerprint density at radius 3 is 2.62 bits per heavy atom. The summed E-state index contributed by atoms with van der Waals surface area (Å²) in [4.78, 5) is 11.2. The molecule has 0 fully saturated rings. The van der Waals surface area contributed by atoms with Crippen LogP contribution in [0, 0.1) is 11.3 Å². The van der Waals surface area contributed by atoms with Crippen LogP contribution in [0.15, 0.2) is 12.1 Å². The van der Waals surface area contributed by atoms with E-state index in [0.29, 0.717) is 0 Å². The van der Waals surface area contributed by atoms with Crippen LogP contribution in [0.4, 0.5) is 8.78 Å². The van der Waals surface area contributed by atoms with E-state index in [-0.39, 0.29) is 21.9 Å². The molecule has 16 heavy (non-hydrogen) atoms. The highest BCUT2D eigenvalue weighted by Gasteiger charge is 2.15. The van der Waals surface area contributed by atoms with Gasteiger partial charge in [0.25, 0.3) is 0 Å². The summed E-state index contributed by atoms with van der Waals surface area (Å²) in [5, 5.41) is 8.67. The molecule has 0 aliphatic rings. The number of Topliss-reactive ketones (excluding diaryl/α,β-unsaturated/α-hetero) is 1. The van der Waals surface area contributed by atoms with Crippen LogP contribution in [0.2, 0.25) is 5.02 Å². The summed E-state index contributed by atoms with van der Waals surface area (Å²) in [6.45, 7) is -1.78. The average Bonchev–Trinajstić information content (AvgIpc) is 2.14. The first-order valence-corrected chi connectivity index (χ1v) is 4.53. The second kappa shape index (κ2) is 4.90. The standard InChI is InChI=1S/C10H6ClF2NO2/c1-5(15)9-6(4-14)2-7(3-8(9)11)16-10(12)13/h2-3,10H,1H3. The summed E-state index contributed by atoms with van der Waals surface area (Å²) in [6.07, 6.45) is 0. The van der Waals surface area contributed by atoms with Gasteiger partial charge in [-0.25, -0.2) is 0 Å². The molecule has 6 heteroatoms. The van der Waals surface area contributed by atoms with E-state index in [4.69, 9.17) is 16.9 Å². The van der Waals surface area contributed by atoms with E-state index in [1.807, 2.05) is 0 Å². The number of ketones is 1. The predicted octanol–water partition coefficient (Wildman–Crippen LogP) is 3.02. The Balaban J connectivity index is 3.28. The van der Waals surface area contributed by atoms with E-state index in [9.17, 15) is 13.6 Å². The number of rotatable bonds is 3. The molecule has 1 rings (SSSR count). The van der Waals surface area contributed by atoms with Gasteiger partial charge >= 0.3 is 6.61 Å². The summed E-state index contributed by atoms with van der Waals surface area (Å²) in [7, 11) is 0. The van der Waals surface area contributed by atoms with Gasteiger partial charge in [0, 0.05) is 0 Å². The lowest BCUT2D eigenvalue weighted by Gasteiger charge is -2.08. The molecular weight excluding hydrogens is 240 g/mol. The first-order valence-electron chi connectivity index (χ1n) is 4.15. The molecule has 0 aliphatic heterocycles. The van der Waals surface area contributed by atoms with E-state index < -0.39 is 12.4 Å². The molecule has 0 spiro atoms. The molecule has 3 nitrogen and oxygen atoms in total. The highest BCUT2D eigenvalue weighted by molar-refractivity contribution is 6.34. The molecule has 0 radical (unpaired) electrons. The number of halogens is 3. The summed E-state index contributed by atoms with van der Waals surface area (Å²) in [5.41, 5.74) is -0.0820. The van der Waals surface area contributed by atoms with Gasteiger partial charge in [0.15, 0.2) is 5.78 Å². The molecule has 84 valence electrons. The van der Waals surface area contributed by atoms with Crippen molar-refractivity contribution in [1.82, 2.24) is 0 Å². The van der Waals surface area contributed by atoms with Crippen LogP contribution in [0.5, 0.6) is 5.75 Å². The largest absolute Gasteiger partial charge is 0.435 e. The lowest BCUT2D eigenvalue weighted by Crippen LogP contribution is -2.04. The maximum absolute atomic E-state index is 11.9. The molecule has 0 bridgehead atoms. The molecule has 0 aliphatic carbocycles. The third-order valence-electron chi connectivity index (χ3n) is 1.76. The third-order valence-corrected chi connectivity index (χ3v) is 2.06. The number of nitrogens with zero attached hydrogens (tertiary/aromatic N) is 1. The predicted molar refractivity (Wildman–Crippen MR) is 52.8 cm³/mol. The van der Waals surface area contributed by atoms with Gasteiger partial charge in [-0.1, -0.05) is 11.6 Å². The van der Waals surface area contributed by atoms with Gasteiger partial charge in [-0.2, -0.15) is 14.0 Å². The molecular formula is C10H6ClF2NO2. The fourth-order valence-electron chi connectivity index (χ4n) is 1.20. The van der Waals surface area contributed by atoms with Crippen LogP contribution in [0.3, 0.4) is 0 Å². The summed E-state index contributed by atoms with van der Waals surface area (Å²) >= 11 is 5.69. The van der Waals surface area contributed by atoms with E-state index in [0.717, 1.165) is 12.1 Å². The van der Waals surface area contributed by atoms with Crippen LogP contribution in [0.25, 0.3) is 0 Å². The van der Waals surface area contributed by atoms with Crippen LogP contribution < -0.4 is 4.74 Å². The van der Waals surface area contributed by atoms with Crippen molar-refractivity contribution >= 4 is 17.4 Å². The first-order chi connectivity index (χ1) is 7.45. The Morgan fingerprint density at radius 1 is 1.56 bits per heavy atom. The van der Waals surface area contributed by atoms with E-state index in [2.05, 4.69) is 4.74 Å². The van der Waals surface area contributed by atoms with Crippen LogP contribution in [-0.4, -0.2) is 12.4 Å². The fraction of sp³-hybridized carbons (Fsp3) is 0.200. The molecule has 0 atom stereocenters. The number of ether oxygens (including phenoxy) is 1. The van der Waals surface area contributed by atoms with Crippen molar-refractivity contribution in [3.8, 4) is 11.8 Å². The molecule has 1 aromatic rings. The Hall–Kier alpha value is -1.67. The summed E-state index contributed by atoms with van der Waals surface area (Å²) < 4.78 is 28.0. The Labute approximate surface area is 95.2 Å². The summed E-state index contributed by atoms with van der Waals surface area (Å²) in [6, 6.07) is 3.83. The highest BCUT2D eigenvalue weighted by atomic mass is 35.5. The number of benzene rings is 1. The smallest absolute Gasteiger partial charge is 0.387 e. The van der Waals surface area contributed by atoms with Crippen LogP contribution in [-0.2, 0) is 0 Å². The Bertz CT molecular complexity index is 469. The van der Waals surface area contributed by atoms with Crippen LogP contribution >= 0.6 is 11.6 Å². The fourth-order valence-corrected chi connectivity index (χ4v) is 1.54. The Morgan fingerprint density at radius 2 is 2.19 bits per heavy atom. The van der Waals surface area contributed by atoms with Crippen molar-refractivity contribution < 1.29 is 18.3 Å². The molecule has 1 aromatic carbocycles. The quantitative estimate of drug-likeness (QED) is 0.769. The molecule has 0 saturated heterocycles. The van der Waals surface area contributed by atoms with Crippen molar-refractivity contribution in [2.75, 3.05) is 0 Å². The lowest BCUT2D eigenvalue weighted by molar-refractivity contribution is -0.0498. The van der Waals surface area contributed by atoms with Crippen molar-refractivity contribution in [1.29, 1.82) is 5.26 Å². The van der Waals surface area contributed by atoms with Crippen molar-refractivity contribution in [2.24, 2.45) is 0 Å². The van der Waals surface area contributed by atoms with E-state index >= 15 is 0 Å². The van der Waals surface area contributed by atoms with Gasteiger partial charge in [-0.05, 0) is 19.1 Å². The number of hydrogen-bond acceptors (Lipinski definition) is 3. The second-order valence-corrected chi connectivity index (χ2v) is 3.28. The topological polar surface area (TPSA) is 50.1 Å². The van der Waals surface area contributed by atoms with Gasteiger partial charge in [0.05, 0.1) is 16.1 Å². The number of hydrogen-bond donors (Lipinski definition) is 0. The maximum Gasteiger partial charge on any atom is 0.387 e. The maximum atomic E-state index is 11.9. The van der Waals surface area contributed by atoms with Crippen molar-refractivity contribution in [3.63, 3.8) is 0 Å². The minimum Gasteiger partial charge on any atom is -0.435 e. The molecule has 0 heterocycles. The van der Waals surface area contributed by atoms with E-state index in [1.54, 1.807) is 6.07 Å². The lowest BCUT2D eigenvalue weighted by atomic mass is 10.0. The summed E-state index contributed by atoms with van der Waals surface area (Å²) in [5.74, 6) is -0.660. The minimum absolute atomic E-state index is 0.00535. The highest BCUT2D eigenvalue weighted by Crippen LogP contribution is 2.27. The average molecular weight is 246 g/mol. The third kappa shape index (κ3) is 2.67. The van der Waals surface area contributed by atoms with Gasteiger partial charge < -0.3 is 4.74 Å². The zero-order valence-corrected chi connectivity index (χ0v) is 8.89. The van der Waals surface area contributed by atoms with Gasteiger partial charge in [-0.3, -0.25) is 4.79 Å². The molecule has 0 N–H and O–H groups in total. The van der Waals surface area contributed by atoms with Crippen molar-refractivity contribution in [2.45, 2.75) is 13.5 Å². The number of carbonyl (C=O) groups excluding carboxylic acids is 1. The molecule has 0 amide bonds. The normalized spacial score (nSPS) is 10.0.